The van der Waals surface area contributed by atoms with E-state index in [0.717, 1.165) is 17.9 Å². The van der Waals surface area contributed by atoms with Gasteiger partial charge in [-0.15, -0.1) is 0 Å². The van der Waals surface area contributed by atoms with Crippen LogP contribution in [0.4, 0.5) is 0 Å². The zero-order valence-corrected chi connectivity index (χ0v) is 7.94. The SMILES string of the molecule is [CH2]CCOC1COc2ccccc2O1. The van der Waals surface area contributed by atoms with E-state index in [2.05, 4.69) is 6.92 Å². The Bertz CT molecular complexity index is 298. The van der Waals surface area contributed by atoms with Crippen LogP contribution in [0, 0.1) is 6.92 Å². The Morgan fingerprint density at radius 3 is 2.93 bits per heavy atom. The molecule has 1 heterocycles. The van der Waals surface area contributed by atoms with Gasteiger partial charge in [0.15, 0.2) is 18.1 Å². The molecule has 0 saturated heterocycles. The molecule has 1 atom stereocenters. The molecule has 14 heavy (non-hydrogen) atoms. The summed E-state index contributed by atoms with van der Waals surface area (Å²) in [5, 5.41) is 0. The molecule has 1 aromatic carbocycles. The van der Waals surface area contributed by atoms with E-state index in [4.69, 9.17) is 14.2 Å². The number of fused-ring (bicyclic) bond motifs is 1. The van der Waals surface area contributed by atoms with E-state index in [1.54, 1.807) is 0 Å². The maximum atomic E-state index is 5.56. The fraction of sp³-hybridized carbons (Fsp3) is 0.364. The van der Waals surface area contributed by atoms with Crippen molar-refractivity contribution in [3.63, 3.8) is 0 Å². The van der Waals surface area contributed by atoms with Gasteiger partial charge < -0.3 is 14.2 Å². The van der Waals surface area contributed by atoms with Gasteiger partial charge in [0.25, 0.3) is 0 Å². The van der Waals surface area contributed by atoms with Gasteiger partial charge in [-0.05, 0) is 18.6 Å². The summed E-state index contributed by atoms with van der Waals surface area (Å²) in [5.41, 5.74) is 0. The maximum absolute atomic E-state index is 5.56. The summed E-state index contributed by atoms with van der Waals surface area (Å²) in [6, 6.07) is 7.58. The largest absolute Gasteiger partial charge is 0.483 e. The minimum atomic E-state index is -0.299. The number of benzene rings is 1. The smallest absolute Gasteiger partial charge is 0.234 e. The lowest BCUT2D eigenvalue weighted by molar-refractivity contribution is -0.114. The molecule has 1 aromatic rings. The predicted molar refractivity (Wildman–Crippen MR) is 52.3 cm³/mol. The first-order valence-corrected chi connectivity index (χ1v) is 4.69. The second kappa shape index (κ2) is 4.33. The third-order valence-electron chi connectivity index (χ3n) is 1.93. The van der Waals surface area contributed by atoms with Crippen LogP contribution in [0.2, 0.25) is 0 Å². The van der Waals surface area contributed by atoms with Crippen molar-refractivity contribution in [1.29, 1.82) is 0 Å². The normalized spacial score (nSPS) is 19.4. The molecule has 0 saturated carbocycles. The Morgan fingerprint density at radius 1 is 1.36 bits per heavy atom. The second-order valence-electron chi connectivity index (χ2n) is 3.03. The van der Waals surface area contributed by atoms with Gasteiger partial charge in [0.05, 0.1) is 6.61 Å². The maximum Gasteiger partial charge on any atom is 0.234 e. The molecule has 0 aliphatic carbocycles. The topological polar surface area (TPSA) is 27.7 Å². The van der Waals surface area contributed by atoms with Gasteiger partial charge in [0, 0.05) is 0 Å². The molecular weight excluding hydrogens is 180 g/mol. The lowest BCUT2D eigenvalue weighted by Crippen LogP contribution is -2.31. The fourth-order valence-corrected chi connectivity index (χ4v) is 1.30. The summed E-state index contributed by atoms with van der Waals surface area (Å²) in [6.45, 7) is 4.73. The van der Waals surface area contributed by atoms with Crippen molar-refractivity contribution >= 4 is 0 Å². The van der Waals surface area contributed by atoms with Crippen LogP contribution in [0.25, 0.3) is 0 Å². The van der Waals surface area contributed by atoms with Gasteiger partial charge in [-0.3, -0.25) is 0 Å². The Morgan fingerprint density at radius 2 is 2.14 bits per heavy atom. The molecular formula is C11H13O3. The van der Waals surface area contributed by atoms with E-state index in [1.165, 1.54) is 0 Å². The van der Waals surface area contributed by atoms with E-state index < -0.39 is 0 Å². The fourth-order valence-electron chi connectivity index (χ4n) is 1.30. The standard InChI is InChI=1S/C11H13O3/c1-2-7-12-11-8-13-9-5-3-4-6-10(9)14-11/h3-6,11H,1-2,7-8H2. The van der Waals surface area contributed by atoms with Gasteiger partial charge >= 0.3 is 0 Å². The molecule has 1 aliphatic rings. The van der Waals surface area contributed by atoms with E-state index in [9.17, 15) is 0 Å². The number of para-hydroxylation sites is 2. The lowest BCUT2D eigenvalue weighted by atomic mass is 10.3. The number of hydrogen-bond acceptors (Lipinski definition) is 3. The summed E-state index contributed by atoms with van der Waals surface area (Å²) >= 11 is 0. The van der Waals surface area contributed by atoms with Crippen molar-refractivity contribution in [3.05, 3.63) is 31.2 Å². The molecule has 0 amide bonds. The Labute approximate surface area is 83.6 Å². The van der Waals surface area contributed by atoms with Crippen LogP contribution >= 0.6 is 0 Å². The van der Waals surface area contributed by atoms with E-state index in [1.807, 2.05) is 24.3 Å². The molecule has 75 valence electrons. The molecule has 0 bridgehead atoms. The molecule has 3 heteroatoms. The number of hydrogen-bond donors (Lipinski definition) is 0. The van der Waals surface area contributed by atoms with Crippen LogP contribution in [-0.2, 0) is 4.74 Å². The average molecular weight is 193 g/mol. The zero-order valence-electron chi connectivity index (χ0n) is 7.94. The van der Waals surface area contributed by atoms with Crippen molar-refractivity contribution in [2.45, 2.75) is 12.7 Å². The molecule has 0 spiro atoms. The third-order valence-corrected chi connectivity index (χ3v) is 1.93. The number of ether oxygens (including phenoxy) is 3. The van der Waals surface area contributed by atoms with E-state index in [0.29, 0.717) is 13.2 Å². The van der Waals surface area contributed by atoms with Crippen molar-refractivity contribution in [2.24, 2.45) is 0 Å². The van der Waals surface area contributed by atoms with Gasteiger partial charge in [-0.25, -0.2) is 0 Å². The highest BCUT2D eigenvalue weighted by Gasteiger charge is 2.20. The summed E-state index contributed by atoms with van der Waals surface area (Å²) in [5.74, 6) is 1.52. The minimum Gasteiger partial charge on any atom is -0.483 e. The quantitative estimate of drug-likeness (QED) is 0.735. The van der Waals surface area contributed by atoms with Crippen molar-refractivity contribution in [3.8, 4) is 11.5 Å². The summed E-state index contributed by atoms with van der Waals surface area (Å²) < 4.78 is 16.4. The van der Waals surface area contributed by atoms with Crippen LogP contribution in [0.1, 0.15) is 6.42 Å². The Balaban J connectivity index is 1.99. The molecule has 0 aromatic heterocycles. The highest BCUT2D eigenvalue weighted by atomic mass is 16.7. The molecule has 1 unspecified atom stereocenters. The molecule has 0 N–H and O–H groups in total. The van der Waals surface area contributed by atoms with Crippen molar-refractivity contribution in [2.75, 3.05) is 13.2 Å². The van der Waals surface area contributed by atoms with Crippen LogP contribution in [0.15, 0.2) is 24.3 Å². The molecule has 2 rings (SSSR count). The van der Waals surface area contributed by atoms with Crippen LogP contribution in [0.3, 0.4) is 0 Å². The lowest BCUT2D eigenvalue weighted by Gasteiger charge is -2.25. The predicted octanol–water partition coefficient (Wildman–Crippen LogP) is 2.02. The van der Waals surface area contributed by atoms with Gasteiger partial charge in [-0.2, -0.15) is 0 Å². The Kier molecular flexibility index (Phi) is 2.89. The number of rotatable bonds is 3. The first-order valence-electron chi connectivity index (χ1n) is 4.69. The van der Waals surface area contributed by atoms with Crippen molar-refractivity contribution in [1.82, 2.24) is 0 Å². The van der Waals surface area contributed by atoms with Crippen molar-refractivity contribution < 1.29 is 14.2 Å². The molecule has 1 aliphatic heterocycles. The van der Waals surface area contributed by atoms with Gasteiger partial charge in [0.2, 0.25) is 6.29 Å². The molecule has 0 fully saturated rings. The van der Waals surface area contributed by atoms with Crippen LogP contribution in [0.5, 0.6) is 11.5 Å². The average Bonchev–Trinajstić information content (AvgIpc) is 2.26. The second-order valence-corrected chi connectivity index (χ2v) is 3.03. The summed E-state index contributed by atoms with van der Waals surface area (Å²) in [6.07, 6.45) is 0.438. The first kappa shape index (κ1) is 9.34. The highest BCUT2D eigenvalue weighted by Crippen LogP contribution is 2.30. The zero-order chi connectivity index (χ0) is 9.80. The van der Waals surface area contributed by atoms with Gasteiger partial charge in [-0.1, -0.05) is 19.1 Å². The summed E-state index contributed by atoms with van der Waals surface area (Å²) in [4.78, 5) is 0. The van der Waals surface area contributed by atoms with Crippen LogP contribution in [-0.4, -0.2) is 19.5 Å². The monoisotopic (exact) mass is 193 g/mol. The van der Waals surface area contributed by atoms with E-state index >= 15 is 0 Å². The Hall–Kier alpha value is -1.22. The molecule has 3 nitrogen and oxygen atoms in total. The first-order chi connectivity index (χ1) is 6.90. The van der Waals surface area contributed by atoms with Crippen LogP contribution < -0.4 is 9.47 Å². The van der Waals surface area contributed by atoms with E-state index in [-0.39, 0.29) is 6.29 Å². The van der Waals surface area contributed by atoms with Gasteiger partial charge in [0.1, 0.15) is 0 Å². The minimum absolute atomic E-state index is 0.299. The molecule has 1 radical (unpaired) electrons. The summed E-state index contributed by atoms with van der Waals surface area (Å²) in [7, 11) is 0. The third kappa shape index (κ3) is 1.99. The highest BCUT2D eigenvalue weighted by molar-refractivity contribution is 5.40.